The van der Waals surface area contributed by atoms with Crippen LogP contribution >= 0.6 is 0 Å². The van der Waals surface area contributed by atoms with Gasteiger partial charge in [-0.25, -0.2) is 4.79 Å². The third-order valence-corrected chi connectivity index (χ3v) is 4.29. The summed E-state index contributed by atoms with van der Waals surface area (Å²) in [4.78, 5) is 26.2. The molecule has 1 aliphatic rings. The number of ether oxygens (including phenoxy) is 1. The predicted molar refractivity (Wildman–Crippen MR) is 87.8 cm³/mol. The van der Waals surface area contributed by atoms with Crippen LogP contribution in [-0.4, -0.2) is 29.9 Å². The molecule has 1 aliphatic heterocycles. The van der Waals surface area contributed by atoms with Crippen LogP contribution in [0, 0.1) is 0 Å². The van der Waals surface area contributed by atoms with Gasteiger partial charge in [0.25, 0.3) is 5.91 Å². The van der Waals surface area contributed by atoms with Crippen LogP contribution in [0.1, 0.15) is 29.3 Å². The second-order valence-electron chi connectivity index (χ2n) is 5.62. The zero-order chi connectivity index (χ0) is 16.4. The third-order valence-electron chi connectivity index (χ3n) is 4.29. The molecule has 23 heavy (non-hydrogen) atoms. The van der Waals surface area contributed by atoms with Gasteiger partial charge in [0, 0.05) is 12.1 Å². The first-order chi connectivity index (χ1) is 11.2. The Labute approximate surface area is 135 Å². The summed E-state index contributed by atoms with van der Waals surface area (Å²) in [5, 5.41) is 0. The molecule has 4 nitrogen and oxygen atoms in total. The fourth-order valence-electron chi connectivity index (χ4n) is 3.04. The summed E-state index contributed by atoms with van der Waals surface area (Å²) in [6.45, 7) is 2.34. The zero-order valence-corrected chi connectivity index (χ0v) is 13.3. The Morgan fingerprint density at radius 3 is 2.57 bits per heavy atom. The molecule has 1 heterocycles. The number of hydrogen-bond donors (Lipinski definition) is 0. The average molecular weight is 309 g/mol. The van der Waals surface area contributed by atoms with E-state index in [1.807, 2.05) is 55.5 Å². The molecule has 1 amide bonds. The third kappa shape index (κ3) is 2.72. The first kappa shape index (κ1) is 15.3. The number of nitrogens with zero attached hydrogens (tertiary/aromatic N) is 1. The Hall–Kier alpha value is -2.62. The lowest BCUT2D eigenvalue weighted by Crippen LogP contribution is -2.41. The van der Waals surface area contributed by atoms with Crippen molar-refractivity contribution < 1.29 is 14.3 Å². The lowest BCUT2D eigenvalue weighted by Gasteiger charge is -2.24. The number of carbonyl (C=O) groups excluding carboxylic acids is 2. The fourth-order valence-corrected chi connectivity index (χ4v) is 3.04. The van der Waals surface area contributed by atoms with Gasteiger partial charge in [0.15, 0.2) is 0 Å². The zero-order valence-electron chi connectivity index (χ0n) is 13.3. The van der Waals surface area contributed by atoms with Gasteiger partial charge in [0.2, 0.25) is 0 Å². The van der Waals surface area contributed by atoms with Gasteiger partial charge in [-0.3, -0.25) is 4.79 Å². The lowest BCUT2D eigenvalue weighted by atomic mass is 10.0. The lowest BCUT2D eigenvalue weighted by molar-refractivity contribution is -0.146. The Morgan fingerprint density at radius 2 is 1.91 bits per heavy atom. The Bertz CT molecular complexity index is 740. The van der Waals surface area contributed by atoms with Gasteiger partial charge >= 0.3 is 5.97 Å². The molecule has 0 aromatic heterocycles. The molecule has 3 rings (SSSR count). The normalized spacial score (nSPS) is 14.5. The molecular weight excluding hydrogens is 290 g/mol. The summed E-state index contributed by atoms with van der Waals surface area (Å²) in [6.07, 6.45) is 0.540. The van der Waals surface area contributed by atoms with Gasteiger partial charge in [0.1, 0.15) is 6.04 Å². The molecule has 0 aliphatic carbocycles. The number of carbonyl (C=O) groups is 2. The summed E-state index contributed by atoms with van der Waals surface area (Å²) in [6, 6.07) is 15.3. The van der Waals surface area contributed by atoms with Crippen molar-refractivity contribution in [2.45, 2.75) is 25.9 Å². The minimum atomic E-state index is -0.528. The summed E-state index contributed by atoms with van der Waals surface area (Å²) < 4.78 is 4.82. The highest BCUT2D eigenvalue weighted by molar-refractivity contribution is 6.01. The van der Waals surface area contributed by atoms with Crippen molar-refractivity contribution in [3.8, 4) is 11.1 Å². The van der Waals surface area contributed by atoms with Crippen LogP contribution in [0.2, 0.25) is 0 Å². The SMILES string of the molecule is CCC(C(=O)OC)N1Cc2ccc(-c3ccccc3)cc2C1=O. The second-order valence-corrected chi connectivity index (χ2v) is 5.62. The Morgan fingerprint density at radius 1 is 1.17 bits per heavy atom. The van der Waals surface area contributed by atoms with E-state index in [0.717, 1.165) is 16.7 Å². The summed E-state index contributed by atoms with van der Waals surface area (Å²) in [5.41, 5.74) is 3.71. The number of rotatable bonds is 4. The van der Waals surface area contributed by atoms with E-state index in [-0.39, 0.29) is 11.9 Å². The molecule has 0 radical (unpaired) electrons. The topological polar surface area (TPSA) is 46.6 Å². The molecular formula is C19H19NO3. The van der Waals surface area contributed by atoms with Gasteiger partial charge in [-0.15, -0.1) is 0 Å². The van der Waals surface area contributed by atoms with Gasteiger partial charge in [-0.2, -0.15) is 0 Å². The average Bonchev–Trinajstić information content (AvgIpc) is 2.92. The highest BCUT2D eigenvalue weighted by Crippen LogP contribution is 2.30. The number of hydrogen-bond acceptors (Lipinski definition) is 3. The minimum Gasteiger partial charge on any atom is -0.467 e. The molecule has 2 aromatic rings. The molecule has 2 aromatic carbocycles. The maximum Gasteiger partial charge on any atom is 0.328 e. The molecule has 4 heteroatoms. The number of amides is 1. The van der Waals surface area contributed by atoms with Crippen LogP contribution in [-0.2, 0) is 16.1 Å². The van der Waals surface area contributed by atoms with Crippen molar-refractivity contribution in [1.82, 2.24) is 4.90 Å². The van der Waals surface area contributed by atoms with E-state index >= 15 is 0 Å². The van der Waals surface area contributed by atoms with Crippen molar-refractivity contribution in [3.63, 3.8) is 0 Å². The number of benzene rings is 2. The van der Waals surface area contributed by atoms with Crippen LogP contribution in [0.4, 0.5) is 0 Å². The molecule has 118 valence electrons. The van der Waals surface area contributed by atoms with Crippen LogP contribution < -0.4 is 0 Å². The molecule has 0 bridgehead atoms. The molecule has 0 spiro atoms. The van der Waals surface area contributed by atoms with Crippen molar-refractivity contribution in [2.24, 2.45) is 0 Å². The highest BCUT2D eigenvalue weighted by atomic mass is 16.5. The molecule has 0 fully saturated rings. The molecule has 0 N–H and O–H groups in total. The quantitative estimate of drug-likeness (QED) is 0.814. The van der Waals surface area contributed by atoms with Gasteiger partial charge in [0.05, 0.1) is 7.11 Å². The van der Waals surface area contributed by atoms with Crippen LogP contribution in [0.15, 0.2) is 48.5 Å². The smallest absolute Gasteiger partial charge is 0.328 e. The largest absolute Gasteiger partial charge is 0.467 e. The monoisotopic (exact) mass is 309 g/mol. The van der Waals surface area contributed by atoms with Gasteiger partial charge in [-0.05, 0) is 29.2 Å². The summed E-state index contributed by atoms with van der Waals surface area (Å²) >= 11 is 0. The standard InChI is InChI=1S/C19H19NO3/c1-3-17(19(22)23-2)20-12-15-10-9-14(11-16(15)18(20)21)13-7-5-4-6-8-13/h4-11,17H,3,12H2,1-2H3. The van der Waals surface area contributed by atoms with Crippen molar-refractivity contribution in [2.75, 3.05) is 7.11 Å². The van der Waals surface area contributed by atoms with E-state index < -0.39 is 6.04 Å². The Kier molecular flexibility index (Phi) is 4.15. The number of fused-ring (bicyclic) bond motifs is 1. The Balaban J connectivity index is 1.93. The van der Waals surface area contributed by atoms with Crippen LogP contribution in [0.5, 0.6) is 0 Å². The predicted octanol–water partition coefficient (Wildman–Crippen LogP) is 3.26. The number of esters is 1. The van der Waals surface area contributed by atoms with E-state index in [1.165, 1.54) is 7.11 Å². The molecule has 0 saturated carbocycles. The first-order valence-corrected chi connectivity index (χ1v) is 7.72. The summed E-state index contributed by atoms with van der Waals surface area (Å²) in [7, 11) is 1.35. The minimum absolute atomic E-state index is 0.102. The van der Waals surface area contributed by atoms with Crippen molar-refractivity contribution >= 4 is 11.9 Å². The van der Waals surface area contributed by atoms with Crippen LogP contribution in [0.25, 0.3) is 11.1 Å². The maximum atomic E-state index is 12.7. The van der Waals surface area contributed by atoms with Crippen molar-refractivity contribution in [3.05, 3.63) is 59.7 Å². The van der Waals surface area contributed by atoms with E-state index in [0.29, 0.717) is 18.5 Å². The van der Waals surface area contributed by atoms with E-state index in [2.05, 4.69) is 0 Å². The van der Waals surface area contributed by atoms with Crippen molar-refractivity contribution in [1.29, 1.82) is 0 Å². The molecule has 0 saturated heterocycles. The van der Waals surface area contributed by atoms with Crippen LogP contribution in [0.3, 0.4) is 0 Å². The first-order valence-electron chi connectivity index (χ1n) is 7.72. The summed E-state index contributed by atoms with van der Waals surface area (Å²) in [5.74, 6) is -0.466. The van der Waals surface area contributed by atoms with Gasteiger partial charge in [-0.1, -0.05) is 49.4 Å². The fraction of sp³-hybridized carbons (Fsp3) is 0.263. The van der Waals surface area contributed by atoms with E-state index in [1.54, 1.807) is 4.90 Å². The van der Waals surface area contributed by atoms with Gasteiger partial charge < -0.3 is 9.64 Å². The second kappa shape index (κ2) is 6.24. The van der Waals surface area contributed by atoms with E-state index in [4.69, 9.17) is 4.74 Å². The number of methoxy groups -OCH3 is 1. The maximum absolute atomic E-state index is 12.7. The van der Waals surface area contributed by atoms with E-state index in [9.17, 15) is 9.59 Å². The highest BCUT2D eigenvalue weighted by Gasteiger charge is 2.36. The molecule has 1 unspecified atom stereocenters. The molecule has 1 atom stereocenters.